The molecule has 0 aromatic carbocycles. The maximum atomic E-state index is 13.4. The van der Waals surface area contributed by atoms with E-state index in [0.717, 1.165) is 18.5 Å². The van der Waals surface area contributed by atoms with Crippen LogP contribution in [-0.4, -0.2) is 33.1 Å². The number of aromatic nitrogens is 3. The van der Waals surface area contributed by atoms with Crippen LogP contribution in [-0.2, 0) is 6.18 Å². The van der Waals surface area contributed by atoms with Crippen LogP contribution in [0.2, 0.25) is 0 Å². The number of anilines is 1. The van der Waals surface area contributed by atoms with Crippen molar-refractivity contribution >= 4 is 22.8 Å². The van der Waals surface area contributed by atoms with Crippen LogP contribution in [0.4, 0.5) is 28.0 Å². The van der Waals surface area contributed by atoms with Crippen molar-refractivity contribution in [3.05, 3.63) is 48.2 Å². The maximum Gasteiger partial charge on any atom is 0.417 e. The molecule has 3 aromatic rings. The van der Waals surface area contributed by atoms with Crippen molar-refractivity contribution in [1.29, 1.82) is 0 Å². The minimum absolute atomic E-state index is 0.0829. The van der Waals surface area contributed by atoms with Crippen molar-refractivity contribution in [3.63, 3.8) is 0 Å². The van der Waals surface area contributed by atoms with Crippen molar-refractivity contribution < 1.29 is 27.1 Å². The second-order valence-corrected chi connectivity index (χ2v) is 7.32. The average molecular weight is 437 g/mol. The summed E-state index contributed by atoms with van der Waals surface area (Å²) in [6.07, 6.45) is 1.28. The highest BCUT2D eigenvalue weighted by atomic mass is 19.4. The highest BCUT2D eigenvalue weighted by Gasteiger charge is 2.31. The van der Waals surface area contributed by atoms with E-state index in [4.69, 9.17) is 4.74 Å². The number of pyridine rings is 2. The molecular weight excluding hydrogens is 418 g/mol. The van der Waals surface area contributed by atoms with Gasteiger partial charge in [-0.05, 0) is 37.8 Å². The van der Waals surface area contributed by atoms with E-state index < -0.39 is 23.6 Å². The first-order chi connectivity index (χ1) is 14.8. The fourth-order valence-corrected chi connectivity index (χ4v) is 3.54. The van der Waals surface area contributed by atoms with Crippen molar-refractivity contribution in [2.24, 2.45) is 0 Å². The first kappa shape index (κ1) is 20.9. The topological polar surface area (TPSA) is 91.9 Å². The Morgan fingerprint density at radius 3 is 2.58 bits per heavy atom. The Morgan fingerprint density at radius 2 is 1.90 bits per heavy atom. The van der Waals surface area contributed by atoms with Crippen molar-refractivity contribution in [1.82, 2.24) is 20.3 Å². The molecule has 1 aliphatic carbocycles. The van der Waals surface area contributed by atoms with E-state index in [-0.39, 0.29) is 18.0 Å². The monoisotopic (exact) mass is 437 g/mol. The Morgan fingerprint density at radius 1 is 1.13 bits per heavy atom. The van der Waals surface area contributed by atoms with E-state index in [1.54, 1.807) is 6.20 Å². The fourth-order valence-electron chi connectivity index (χ4n) is 3.54. The highest BCUT2D eigenvalue weighted by Crippen LogP contribution is 2.30. The summed E-state index contributed by atoms with van der Waals surface area (Å²) in [5.41, 5.74) is 0.0589. The lowest BCUT2D eigenvalue weighted by molar-refractivity contribution is -0.137. The van der Waals surface area contributed by atoms with E-state index in [1.807, 2.05) is 0 Å². The van der Waals surface area contributed by atoms with Crippen LogP contribution in [0, 0.1) is 5.82 Å². The third kappa shape index (κ3) is 5.04. The van der Waals surface area contributed by atoms with Crippen LogP contribution >= 0.6 is 0 Å². The summed E-state index contributed by atoms with van der Waals surface area (Å²) in [4.78, 5) is 22.8. The van der Waals surface area contributed by atoms with E-state index in [0.29, 0.717) is 42.4 Å². The average Bonchev–Trinajstić information content (AvgIpc) is 3.11. The SMILES string of the molecule is O=C(Nc1c[nH]c2ncc(F)cc12)NC1CCC(Oc2ccc(C(F)(F)F)cn2)CC1. The van der Waals surface area contributed by atoms with Crippen molar-refractivity contribution in [2.75, 3.05) is 5.32 Å². The molecular formula is C20H19F4N5O2. The number of nitrogens with one attached hydrogen (secondary N) is 3. The Kier molecular flexibility index (Phi) is 5.66. The predicted octanol–water partition coefficient (Wildman–Crippen LogP) is 4.63. The predicted molar refractivity (Wildman–Crippen MR) is 104 cm³/mol. The molecule has 3 heterocycles. The Labute approximate surface area is 174 Å². The molecule has 0 spiro atoms. The smallest absolute Gasteiger partial charge is 0.417 e. The van der Waals surface area contributed by atoms with Gasteiger partial charge in [0.1, 0.15) is 17.6 Å². The van der Waals surface area contributed by atoms with Crippen LogP contribution in [0.15, 0.2) is 36.8 Å². The lowest BCUT2D eigenvalue weighted by atomic mass is 9.93. The third-order valence-corrected chi connectivity index (χ3v) is 5.11. The summed E-state index contributed by atoms with van der Waals surface area (Å²) in [6, 6.07) is 2.93. The second kappa shape index (κ2) is 8.40. The number of fused-ring (bicyclic) bond motifs is 1. The van der Waals surface area contributed by atoms with Gasteiger partial charge in [-0.25, -0.2) is 19.2 Å². The number of halogens is 4. The van der Waals surface area contributed by atoms with Gasteiger partial charge in [0.2, 0.25) is 5.88 Å². The Hall–Kier alpha value is -3.37. The van der Waals surface area contributed by atoms with Gasteiger partial charge in [-0.3, -0.25) is 0 Å². The van der Waals surface area contributed by atoms with Crippen LogP contribution in [0.5, 0.6) is 5.88 Å². The first-order valence-corrected chi connectivity index (χ1v) is 9.68. The van der Waals surface area contributed by atoms with E-state index in [1.165, 1.54) is 12.1 Å². The van der Waals surface area contributed by atoms with Crippen LogP contribution in [0.25, 0.3) is 11.0 Å². The molecule has 1 saturated carbocycles. The number of H-pyrrole nitrogens is 1. The first-order valence-electron chi connectivity index (χ1n) is 9.68. The molecule has 31 heavy (non-hydrogen) atoms. The molecule has 7 nitrogen and oxygen atoms in total. The Bertz CT molecular complexity index is 1060. The zero-order valence-electron chi connectivity index (χ0n) is 16.2. The molecule has 0 unspecified atom stereocenters. The van der Waals surface area contributed by atoms with Crippen LogP contribution < -0.4 is 15.4 Å². The number of aromatic amines is 1. The summed E-state index contributed by atoms with van der Waals surface area (Å²) in [5.74, 6) is -0.362. The summed E-state index contributed by atoms with van der Waals surface area (Å²) >= 11 is 0. The van der Waals surface area contributed by atoms with Gasteiger partial charge in [0.05, 0.1) is 17.4 Å². The fraction of sp³-hybridized carbons (Fsp3) is 0.350. The van der Waals surface area contributed by atoms with Gasteiger partial charge < -0.3 is 20.4 Å². The number of nitrogens with zero attached hydrogens (tertiary/aromatic N) is 2. The van der Waals surface area contributed by atoms with Gasteiger partial charge >= 0.3 is 12.2 Å². The number of hydrogen-bond donors (Lipinski definition) is 3. The van der Waals surface area contributed by atoms with Gasteiger partial charge in [0.15, 0.2) is 0 Å². The lowest BCUT2D eigenvalue weighted by Gasteiger charge is -2.29. The van der Waals surface area contributed by atoms with E-state index >= 15 is 0 Å². The van der Waals surface area contributed by atoms with Crippen molar-refractivity contribution in [2.45, 2.75) is 44.0 Å². The molecule has 0 radical (unpaired) electrons. The standard InChI is InChI=1S/C20H19F4N5O2/c21-12-7-15-16(10-27-18(15)26-9-12)29-19(30)28-13-2-4-14(5-3-13)31-17-6-1-11(8-25-17)20(22,23)24/h1,6-10,13-14H,2-5H2,(H,26,27)(H2,28,29,30). The molecule has 3 aromatic heterocycles. The number of urea groups is 1. The van der Waals surface area contributed by atoms with Gasteiger partial charge in [-0.2, -0.15) is 13.2 Å². The zero-order valence-corrected chi connectivity index (χ0v) is 16.2. The number of rotatable bonds is 4. The number of ether oxygens (including phenoxy) is 1. The quantitative estimate of drug-likeness (QED) is 0.519. The summed E-state index contributed by atoms with van der Waals surface area (Å²) in [5, 5.41) is 6.03. The number of hydrogen-bond acceptors (Lipinski definition) is 4. The molecule has 2 amide bonds. The molecule has 0 bridgehead atoms. The molecule has 11 heteroatoms. The van der Waals surface area contributed by atoms with Crippen LogP contribution in [0.3, 0.4) is 0 Å². The molecule has 1 fully saturated rings. The van der Waals surface area contributed by atoms with Gasteiger partial charge in [0, 0.05) is 29.9 Å². The molecule has 3 N–H and O–H groups in total. The molecule has 4 rings (SSSR count). The van der Waals surface area contributed by atoms with Gasteiger partial charge in [0.25, 0.3) is 0 Å². The summed E-state index contributed by atoms with van der Waals surface area (Å²) in [6.45, 7) is 0. The number of carbonyl (C=O) groups excluding carboxylic acids is 1. The number of carbonyl (C=O) groups is 1. The Balaban J connectivity index is 1.26. The molecule has 1 aliphatic rings. The summed E-state index contributed by atoms with van der Waals surface area (Å²) in [7, 11) is 0. The lowest BCUT2D eigenvalue weighted by Crippen LogP contribution is -2.41. The number of amides is 2. The third-order valence-electron chi connectivity index (χ3n) is 5.11. The van der Waals surface area contributed by atoms with E-state index in [2.05, 4.69) is 25.6 Å². The maximum absolute atomic E-state index is 13.4. The normalized spacial score (nSPS) is 19.2. The second-order valence-electron chi connectivity index (χ2n) is 7.32. The minimum atomic E-state index is -4.44. The molecule has 164 valence electrons. The van der Waals surface area contributed by atoms with Crippen LogP contribution in [0.1, 0.15) is 31.2 Å². The van der Waals surface area contributed by atoms with Crippen molar-refractivity contribution in [3.8, 4) is 5.88 Å². The molecule has 0 atom stereocenters. The molecule has 0 aliphatic heterocycles. The van der Waals surface area contributed by atoms with E-state index in [9.17, 15) is 22.4 Å². The van der Waals surface area contributed by atoms with Gasteiger partial charge in [-0.1, -0.05) is 0 Å². The largest absolute Gasteiger partial charge is 0.474 e. The van der Waals surface area contributed by atoms with Gasteiger partial charge in [-0.15, -0.1) is 0 Å². The minimum Gasteiger partial charge on any atom is -0.474 e. The molecule has 0 saturated heterocycles. The zero-order chi connectivity index (χ0) is 22.0. The highest BCUT2D eigenvalue weighted by molar-refractivity contribution is 5.99. The summed E-state index contributed by atoms with van der Waals surface area (Å²) < 4.78 is 56.9. The number of alkyl halides is 3.